The molecule has 11 heteroatoms. The summed E-state index contributed by atoms with van der Waals surface area (Å²) in [7, 11) is 0. The van der Waals surface area contributed by atoms with Gasteiger partial charge in [-0.3, -0.25) is 29.8 Å². The van der Waals surface area contributed by atoms with Gasteiger partial charge in [0.15, 0.2) is 6.61 Å². The Bertz CT molecular complexity index is 998. The van der Waals surface area contributed by atoms with Crippen LogP contribution in [-0.2, 0) is 14.3 Å². The van der Waals surface area contributed by atoms with Gasteiger partial charge in [-0.1, -0.05) is 24.3 Å². The average molecular weight is 459 g/mol. The highest BCUT2D eigenvalue weighted by atomic mass is 32.2. The first kappa shape index (κ1) is 24.5. The molecule has 0 saturated carbocycles. The molecule has 0 heterocycles. The van der Waals surface area contributed by atoms with Crippen molar-refractivity contribution < 1.29 is 28.8 Å². The molecule has 1 atom stereocenters. The Morgan fingerprint density at radius 2 is 1.72 bits per heavy atom. The van der Waals surface area contributed by atoms with E-state index in [0.717, 1.165) is 6.07 Å². The van der Waals surface area contributed by atoms with E-state index in [-0.39, 0.29) is 23.2 Å². The fraction of sp³-hybridized carbons (Fsp3) is 0.238. The number of hydrogen-bond acceptors (Lipinski definition) is 8. The minimum atomic E-state index is -1.08. The van der Waals surface area contributed by atoms with E-state index in [1.54, 1.807) is 18.2 Å². The van der Waals surface area contributed by atoms with E-state index in [4.69, 9.17) is 4.74 Å². The number of nitrogens with one attached hydrogen (secondary N) is 2. The van der Waals surface area contributed by atoms with E-state index >= 15 is 0 Å². The number of nitrogens with zero attached hydrogens (tertiary/aromatic N) is 1. The first-order chi connectivity index (χ1) is 15.3. The van der Waals surface area contributed by atoms with Crippen LogP contribution in [0.4, 0.5) is 5.69 Å². The molecule has 2 aromatic carbocycles. The molecule has 1 unspecified atom stereocenters. The minimum absolute atomic E-state index is 0.00681. The lowest BCUT2D eigenvalue weighted by atomic mass is 10.1. The van der Waals surface area contributed by atoms with Crippen molar-refractivity contribution in [2.45, 2.75) is 12.5 Å². The number of nitro groups is 1. The zero-order chi connectivity index (χ0) is 23.5. The van der Waals surface area contributed by atoms with E-state index in [2.05, 4.69) is 10.6 Å². The van der Waals surface area contributed by atoms with Crippen molar-refractivity contribution in [1.82, 2.24) is 10.6 Å². The molecule has 10 nitrogen and oxygen atoms in total. The van der Waals surface area contributed by atoms with Gasteiger partial charge in [0.05, 0.1) is 4.92 Å². The predicted molar refractivity (Wildman–Crippen MR) is 117 cm³/mol. The van der Waals surface area contributed by atoms with E-state index < -0.39 is 41.3 Å². The van der Waals surface area contributed by atoms with Crippen LogP contribution in [0.3, 0.4) is 0 Å². The van der Waals surface area contributed by atoms with Crippen LogP contribution >= 0.6 is 11.8 Å². The van der Waals surface area contributed by atoms with Crippen molar-refractivity contribution in [2.24, 2.45) is 0 Å². The second-order valence-electron chi connectivity index (χ2n) is 6.47. The highest BCUT2D eigenvalue weighted by molar-refractivity contribution is 7.98. The monoisotopic (exact) mass is 459 g/mol. The molecule has 0 aromatic heterocycles. The first-order valence-corrected chi connectivity index (χ1v) is 10.8. The van der Waals surface area contributed by atoms with Crippen molar-refractivity contribution in [2.75, 3.05) is 18.6 Å². The lowest BCUT2D eigenvalue weighted by Crippen LogP contribution is -2.43. The third-order valence-corrected chi connectivity index (χ3v) is 4.80. The maximum absolute atomic E-state index is 12.5. The summed E-state index contributed by atoms with van der Waals surface area (Å²) in [5, 5.41) is 15.5. The minimum Gasteiger partial charge on any atom is -0.454 e. The Morgan fingerprint density at radius 1 is 1.03 bits per heavy atom. The highest BCUT2D eigenvalue weighted by Gasteiger charge is 2.24. The molecule has 0 aliphatic rings. The molecule has 32 heavy (non-hydrogen) atoms. The maximum atomic E-state index is 12.5. The number of amides is 3. The van der Waals surface area contributed by atoms with Crippen LogP contribution in [-0.4, -0.2) is 53.3 Å². The number of rotatable bonds is 10. The largest absolute Gasteiger partial charge is 0.454 e. The zero-order valence-corrected chi connectivity index (χ0v) is 17.9. The summed E-state index contributed by atoms with van der Waals surface area (Å²) in [4.78, 5) is 59.1. The molecule has 0 radical (unpaired) electrons. The molecule has 0 spiro atoms. The molecule has 2 N–H and O–H groups in total. The van der Waals surface area contributed by atoms with Crippen LogP contribution in [0.25, 0.3) is 0 Å². The molecular formula is C21H21N3O7S. The molecule has 0 aliphatic carbocycles. The summed E-state index contributed by atoms with van der Waals surface area (Å²) in [5.41, 5.74) is 0.0160. The number of non-ortho nitro benzene ring substituents is 1. The second kappa shape index (κ2) is 12.2. The highest BCUT2D eigenvalue weighted by Crippen LogP contribution is 2.13. The third kappa shape index (κ3) is 7.51. The SMILES string of the molecule is CSCCC(NC(=O)c1cccc([N+](=O)[O-])c1)C(=O)OCC(=O)NC(=O)c1ccccc1. The van der Waals surface area contributed by atoms with Gasteiger partial charge >= 0.3 is 5.97 Å². The van der Waals surface area contributed by atoms with E-state index in [0.29, 0.717) is 5.75 Å². The Hall–Kier alpha value is -3.73. The van der Waals surface area contributed by atoms with Crippen LogP contribution in [0.15, 0.2) is 54.6 Å². The molecule has 0 bridgehead atoms. The summed E-state index contributed by atoms with van der Waals surface area (Å²) in [5.74, 6) is -2.50. The van der Waals surface area contributed by atoms with E-state index in [1.807, 2.05) is 6.26 Å². The number of thioether (sulfide) groups is 1. The summed E-state index contributed by atoms with van der Waals surface area (Å²) in [6.45, 7) is -0.708. The number of hydrogen-bond donors (Lipinski definition) is 2. The van der Waals surface area contributed by atoms with Crippen molar-refractivity contribution >= 4 is 41.1 Å². The van der Waals surface area contributed by atoms with Crippen LogP contribution in [0.2, 0.25) is 0 Å². The van der Waals surface area contributed by atoms with Crippen LogP contribution in [0, 0.1) is 10.1 Å². The van der Waals surface area contributed by atoms with Gasteiger partial charge in [-0.15, -0.1) is 0 Å². The van der Waals surface area contributed by atoms with Gasteiger partial charge in [0.25, 0.3) is 23.4 Å². The van der Waals surface area contributed by atoms with Gasteiger partial charge in [-0.2, -0.15) is 11.8 Å². The van der Waals surface area contributed by atoms with Crippen molar-refractivity contribution in [3.05, 3.63) is 75.8 Å². The summed E-state index contributed by atoms with van der Waals surface area (Å²) in [6, 6.07) is 12.0. The summed E-state index contributed by atoms with van der Waals surface area (Å²) < 4.78 is 4.96. The van der Waals surface area contributed by atoms with Gasteiger partial charge in [0.2, 0.25) is 0 Å². The fourth-order valence-corrected chi connectivity index (χ4v) is 3.02. The number of imide groups is 1. The van der Waals surface area contributed by atoms with E-state index in [1.165, 1.54) is 42.1 Å². The lowest BCUT2D eigenvalue weighted by molar-refractivity contribution is -0.384. The van der Waals surface area contributed by atoms with Crippen LogP contribution in [0.1, 0.15) is 27.1 Å². The average Bonchev–Trinajstić information content (AvgIpc) is 2.80. The summed E-state index contributed by atoms with van der Waals surface area (Å²) >= 11 is 1.43. The number of carbonyl (C=O) groups is 4. The molecule has 0 aliphatic heterocycles. The predicted octanol–water partition coefficient (Wildman–Crippen LogP) is 1.95. The molecule has 168 valence electrons. The van der Waals surface area contributed by atoms with Crippen molar-refractivity contribution in [3.8, 4) is 0 Å². The fourth-order valence-electron chi connectivity index (χ4n) is 2.55. The molecular weight excluding hydrogens is 438 g/mol. The van der Waals surface area contributed by atoms with Crippen LogP contribution in [0.5, 0.6) is 0 Å². The normalized spacial score (nSPS) is 11.2. The summed E-state index contributed by atoms with van der Waals surface area (Å²) in [6.07, 6.45) is 2.03. The Kier molecular flexibility index (Phi) is 9.36. The molecule has 0 saturated heterocycles. The number of ether oxygens (including phenoxy) is 1. The van der Waals surface area contributed by atoms with Crippen LogP contribution < -0.4 is 10.6 Å². The Labute approximate surface area is 187 Å². The van der Waals surface area contributed by atoms with Gasteiger partial charge in [0, 0.05) is 23.3 Å². The second-order valence-corrected chi connectivity index (χ2v) is 7.45. The Balaban J connectivity index is 1.96. The lowest BCUT2D eigenvalue weighted by Gasteiger charge is -2.17. The molecule has 2 rings (SSSR count). The van der Waals surface area contributed by atoms with Gasteiger partial charge in [-0.25, -0.2) is 4.79 Å². The number of benzene rings is 2. The number of carbonyl (C=O) groups excluding carboxylic acids is 4. The van der Waals surface area contributed by atoms with Gasteiger partial charge in [0.1, 0.15) is 6.04 Å². The zero-order valence-electron chi connectivity index (χ0n) is 17.1. The van der Waals surface area contributed by atoms with E-state index in [9.17, 15) is 29.3 Å². The van der Waals surface area contributed by atoms with Gasteiger partial charge in [-0.05, 0) is 36.6 Å². The van der Waals surface area contributed by atoms with Crippen molar-refractivity contribution in [3.63, 3.8) is 0 Å². The third-order valence-electron chi connectivity index (χ3n) is 4.15. The first-order valence-electron chi connectivity index (χ1n) is 9.42. The van der Waals surface area contributed by atoms with Crippen molar-refractivity contribution in [1.29, 1.82) is 0 Å². The molecule has 0 fully saturated rings. The number of esters is 1. The maximum Gasteiger partial charge on any atom is 0.329 e. The quantitative estimate of drug-likeness (QED) is 0.312. The molecule has 3 amide bonds. The smallest absolute Gasteiger partial charge is 0.329 e. The molecule has 2 aromatic rings. The topological polar surface area (TPSA) is 145 Å². The number of nitro benzene ring substituents is 1. The van der Waals surface area contributed by atoms with Gasteiger partial charge < -0.3 is 10.1 Å². The standard InChI is InChI=1S/C21H21N3O7S/c1-32-11-10-17(22-20(27)15-8-5-9-16(12-15)24(29)30)21(28)31-13-18(25)23-19(26)14-6-3-2-4-7-14/h2-9,12,17H,10-11,13H2,1H3,(H,22,27)(H,23,25,26). The Morgan fingerprint density at radius 3 is 2.38 bits per heavy atom.